The van der Waals surface area contributed by atoms with Crippen LogP contribution in [0, 0.1) is 5.82 Å². The van der Waals surface area contributed by atoms with Gasteiger partial charge in [-0.15, -0.1) is 0 Å². The molecule has 4 heteroatoms. The van der Waals surface area contributed by atoms with Crippen LogP contribution in [0.15, 0.2) is 18.2 Å². The van der Waals surface area contributed by atoms with E-state index in [2.05, 4.69) is 5.32 Å². The molecule has 1 amide bonds. The number of hydrogen-bond donors (Lipinski definition) is 1. The number of carbonyl (C=O) groups is 1. The van der Waals surface area contributed by atoms with Gasteiger partial charge in [0.25, 0.3) is 0 Å². The van der Waals surface area contributed by atoms with Crippen molar-refractivity contribution in [2.75, 3.05) is 18.0 Å². The van der Waals surface area contributed by atoms with Gasteiger partial charge in [0.15, 0.2) is 0 Å². The molecule has 1 N–H and O–H groups in total. The number of aryl methyl sites for hydroxylation is 1. The first-order chi connectivity index (χ1) is 8.74. The fraction of sp³-hybridized carbons (Fsp3) is 0.500. The largest absolute Gasteiger partial charge is 0.312 e. The first-order valence-electron chi connectivity index (χ1n) is 6.56. The maximum atomic E-state index is 13.2. The zero-order chi connectivity index (χ0) is 12.5. The number of amides is 1. The van der Waals surface area contributed by atoms with Crippen molar-refractivity contribution in [1.82, 2.24) is 5.32 Å². The number of carbonyl (C=O) groups excluding carboxylic acids is 1. The van der Waals surface area contributed by atoms with Crippen LogP contribution in [-0.4, -0.2) is 25.0 Å². The molecular weight excluding hydrogens is 231 g/mol. The predicted molar refractivity (Wildman–Crippen MR) is 68.1 cm³/mol. The minimum absolute atomic E-state index is 0.155. The molecule has 0 saturated carbocycles. The zero-order valence-corrected chi connectivity index (χ0v) is 10.3. The molecule has 18 heavy (non-hydrogen) atoms. The topological polar surface area (TPSA) is 32.3 Å². The molecule has 3 nitrogen and oxygen atoms in total. The molecule has 0 aromatic heterocycles. The van der Waals surface area contributed by atoms with Gasteiger partial charge in [-0.2, -0.15) is 0 Å². The minimum Gasteiger partial charge on any atom is -0.312 e. The molecule has 0 bridgehead atoms. The van der Waals surface area contributed by atoms with E-state index in [1.165, 1.54) is 12.5 Å². The van der Waals surface area contributed by atoms with Crippen LogP contribution in [0.5, 0.6) is 0 Å². The number of halogens is 1. The molecular formula is C14H17FN2O. The molecule has 96 valence electrons. The second-order valence-corrected chi connectivity index (χ2v) is 5.07. The summed E-state index contributed by atoms with van der Waals surface area (Å²) < 4.78 is 13.2. The fourth-order valence-corrected chi connectivity index (χ4v) is 2.86. The van der Waals surface area contributed by atoms with Crippen LogP contribution in [0.2, 0.25) is 0 Å². The summed E-state index contributed by atoms with van der Waals surface area (Å²) in [5, 5.41) is 3.40. The summed E-state index contributed by atoms with van der Waals surface area (Å²) >= 11 is 0. The summed E-state index contributed by atoms with van der Waals surface area (Å²) in [6, 6.07) is 5.10. The molecule has 3 rings (SSSR count). The molecule has 1 saturated heterocycles. The van der Waals surface area contributed by atoms with Crippen molar-refractivity contribution in [3.05, 3.63) is 29.6 Å². The number of fused-ring (bicyclic) bond motifs is 1. The Balaban J connectivity index is 1.86. The van der Waals surface area contributed by atoms with Crippen molar-refractivity contribution in [1.29, 1.82) is 0 Å². The van der Waals surface area contributed by atoms with Gasteiger partial charge in [0.2, 0.25) is 5.91 Å². The van der Waals surface area contributed by atoms with Crippen LogP contribution >= 0.6 is 0 Å². The van der Waals surface area contributed by atoms with Gasteiger partial charge in [0.05, 0.1) is 0 Å². The summed E-state index contributed by atoms with van der Waals surface area (Å²) in [5.74, 6) is -0.0650. The Hall–Kier alpha value is -1.42. The smallest absolute Gasteiger partial charge is 0.227 e. The monoisotopic (exact) mass is 248 g/mol. The highest BCUT2D eigenvalue weighted by atomic mass is 19.1. The Bertz CT molecular complexity index is 469. The second kappa shape index (κ2) is 4.69. The lowest BCUT2D eigenvalue weighted by atomic mass is 10.00. The van der Waals surface area contributed by atoms with Crippen molar-refractivity contribution >= 4 is 11.6 Å². The van der Waals surface area contributed by atoms with Crippen LogP contribution in [-0.2, 0) is 11.2 Å². The van der Waals surface area contributed by atoms with Crippen LogP contribution in [0.4, 0.5) is 10.1 Å². The number of anilines is 1. The quantitative estimate of drug-likeness (QED) is 0.866. The van der Waals surface area contributed by atoms with Crippen molar-refractivity contribution in [2.24, 2.45) is 0 Å². The van der Waals surface area contributed by atoms with Gasteiger partial charge < -0.3 is 10.2 Å². The number of rotatable bonds is 2. The molecule has 0 radical (unpaired) electrons. The van der Waals surface area contributed by atoms with Crippen LogP contribution in [0.3, 0.4) is 0 Å². The first-order valence-corrected chi connectivity index (χ1v) is 6.56. The van der Waals surface area contributed by atoms with E-state index in [-0.39, 0.29) is 11.7 Å². The summed E-state index contributed by atoms with van der Waals surface area (Å²) in [6.45, 7) is 1.74. The van der Waals surface area contributed by atoms with E-state index in [9.17, 15) is 9.18 Å². The first kappa shape index (κ1) is 11.7. The normalized spacial score (nSPS) is 23.3. The average molecular weight is 248 g/mol. The molecule has 1 atom stereocenters. The van der Waals surface area contributed by atoms with E-state index in [1.807, 2.05) is 4.90 Å². The summed E-state index contributed by atoms with van der Waals surface area (Å²) in [7, 11) is 0. The van der Waals surface area contributed by atoms with E-state index in [0.29, 0.717) is 25.4 Å². The number of nitrogens with zero attached hydrogens (tertiary/aromatic N) is 1. The molecule has 1 fully saturated rings. The SMILES string of the molecule is O=C1CCc2cc(F)ccc2N1C[C@@H]1CCCN1. The fourth-order valence-electron chi connectivity index (χ4n) is 2.86. The highest BCUT2D eigenvalue weighted by Gasteiger charge is 2.27. The Labute approximate surface area is 106 Å². The second-order valence-electron chi connectivity index (χ2n) is 5.07. The highest BCUT2D eigenvalue weighted by Crippen LogP contribution is 2.29. The number of nitrogens with one attached hydrogen (secondary N) is 1. The van der Waals surface area contributed by atoms with Crippen molar-refractivity contribution in [2.45, 2.75) is 31.7 Å². The lowest BCUT2D eigenvalue weighted by molar-refractivity contribution is -0.119. The maximum absolute atomic E-state index is 13.2. The molecule has 0 unspecified atom stereocenters. The summed E-state index contributed by atoms with van der Waals surface area (Å²) in [6.07, 6.45) is 3.42. The molecule has 2 heterocycles. The number of hydrogen-bond acceptors (Lipinski definition) is 2. The van der Waals surface area contributed by atoms with E-state index >= 15 is 0 Å². The van der Waals surface area contributed by atoms with Gasteiger partial charge in [-0.25, -0.2) is 4.39 Å². The van der Waals surface area contributed by atoms with Crippen LogP contribution < -0.4 is 10.2 Å². The third kappa shape index (κ3) is 2.12. The van der Waals surface area contributed by atoms with Gasteiger partial charge in [-0.1, -0.05) is 0 Å². The molecule has 2 aliphatic rings. The Kier molecular flexibility index (Phi) is 3.04. The Morgan fingerprint density at radius 3 is 3.06 bits per heavy atom. The van der Waals surface area contributed by atoms with E-state index in [4.69, 9.17) is 0 Å². The minimum atomic E-state index is -0.220. The molecule has 0 aliphatic carbocycles. The van der Waals surface area contributed by atoms with Crippen molar-refractivity contribution in [3.63, 3.8) is 0 Å². The van der Waals surface area contributed by atoms with E-state index in [1.54, 1.807) is 12.1 Å². The number of benzene rings is 1. The standard InChI is InChI=1S/C14H17FN2O/c15-11-4-5-13-10(8-11)3-6-14(18)17(13)9-12-2-1-7-16-12/h4-5,8,12,16H,1-3,6-7,9H2/t12-/m0/s1. The highest BCUT2D eigenvalue weighted by molar-refractivity contribution is 5.96. The van der Waals surface area contributed by atoms with E-state index < -0.39 is 0 Å². The van der Waals surface area contributed by atoms with Crippen molar-refractivity contribution < 1.29 is 9.18 Å². The summed E-state index contributed by atoms with van der Waals surface area (Å²) in [4.78, 5) is 13.9. The lowest BCUT2D eigenvalue weighted by Crippen LogP contribution is -2.43. The summed E-state index contributed by atoms with van der Waals surface area (Å²) in [5.41, 5.74) is 1.84. The van der Waals surface area contributed by atoms with Gasteiger partial charge in [-0.3, -0.25) is 4.79 Å². The van der Waals surface area contributed by atoms with Crippen LogP contribution in [0.1, 0.15) is 24.8 Å². The van der Waals surface area contributed by atoms with Gasteiger partial charge >= 0.3 is 0 Å². The Morgan fingerprint density at radius 2 is 2.28 bits per heavy atom. The van der Waals surface area contributed by atoms with Gasteiger partial charge in [0.1, 0.15) is 5.82 Å². The third-order valence-corrected chi connectivity index (χ3v) is 3.81. The lowest BCUT2D eigenvalue weighted by Gasteiger charge is -2.31. The van der Waals surface area contributed by atoms with Crippen LogP contribution in [0.25, 0.3) is 0 Å². The molecule has 1 aromatic carbocycles. The Morgan fingerprint density at radius 1 is 1.39 bits per heavy atom. The van der Waals surface area contributed by atoms with Crippen molar-refractivity contribution in [3.8, 4) is 0 Å². The zero-order valence-electron chi connectivity index (χ0n) is 10.3. The molecule has 1 aromatic rings. The predicted octanol–water partition coefficient (Wildman–Crippen LogP) is 1.86. The maximum Gasteiger partial charge on any atom is 0.227 e. The van der Waals surface area contributed by atoms with E-state index in [0.717, 1.165) is 24.2 Å². The average Bonchev–Trinajstić information content (AvgIpc) is 2.86. The third-order valence-electron chi connectivity index (χ3n) is 3.81. The van der Waals surface area contributed by atoms with Gasteiger partial charge in [-0.05, 0) is 49.6 Å². The van der Waals surface area contributed by atoms with Gasteiger partial charge in [0, 0.05) is 24.7 Å². The molecule has 0 spiro atoms. The molecule has 2 aliphatic heterocycles.